The number of carboxylic acids is 1. The molecule has 5 nitrogen and oxygen atoms in total. The summed E-state index contributed by atoms with van der Waals surface area (Å²) >= 11 is 0. The maximum atomic E-state index is 11.1. The van der Waals surface area contributed by atoms with Crippen LogP contribution in [0.3, 0.4) is 0 Å². The quantitative estimate of drug-likeness (QED) is 0.755. The Hall–Kier alpha value is -2.30. The van der Waals surface area contributed by atoms with Crippen molar-refractivity contribution in [2.75, 3.05) is 6.61 Å². The number of benzene rings is 1. The number of aliphatic carboxylic acids is 1. The third-order valence-corrected chi connectivity index (χ3v) is 2.76. The van der Waals surface area contributed by atoms with E-state index < -0.39 is 12.0 Å². The molecule has 0 saturated heterocycles. The molecule has 0 heterocycles. The largest absolute Gasteiger partial charge is 0.490 e. The second-order valence-electron chi connectivity index (χ2n) is 5.04. The zero-order valence-corrected chi connectivity index (χ0v) is 12.6. The van der Waals surface area contributed by atoms with Crippen molar-refractivity contribution in [3.8, 4) is 5.75 Å². The molecule has 0 aliphatic carbocycles. The van der Waals surface area contributed by atoms with Crippen LogP contribution in [-0.4, -0.2) is 29.6 Å². The number of hydrogen-bond acceptors (Lipinski definition) is 3. The summed E-state index contributed by atoms with van der Waals surface area (Å²) < 4.78 is 5.57. The van der Waals surface area contributed by atoms with Crippen LogP contribution in [0.15, 0.2) is 35.9 Å². The van der Waals surface area contributed by atoms with Crippen molar-refractivity contribution in [3.63, 3.8) is 0 Å². The highest BCUT2D eigenvalue weighted by atomic mass is 16.5. The molecule has 1 amide bonds. The van der Waals surface area contributed by atoms with E-state index in [1.165, 1.54) is 12.5 Å². The molecule has 0 bridgehead atoms. The number of carboxylic acid groups (broad SMARTS) is 1. The smallest absolute Gasteiger partial charge is 0.326 e. The third kappa shape index (κ3) is 6.61. The fourth-order valence-electron chi connectivity index (χ4n) is 1.75. The Morgan fingerprint density at radius 3 is 2.62 bits per heavy atom. The Balaban J connectivity index is 2.72. The molecule has 0 aliphatic heterocycles. The zero-order chi connectivity index (χ0) is 15.8. The first kappa shape index (κ1) is 16.8. The Bertz CT molecular complexity index is 533. The van der Waals surface area contributed by atoms with Crippen molar-refractivity contribution in [2.24, 2.45) is 0 Å². The van der Waals surface area contributed by atoms with E-state index in [-0.39, 0.29) is 12.3 Å². The van der Waals surface area contributed by atoms with Gasteiger partial charge in [0.25, 0.3) is 0 Å². The van der Waals surface area contributed by atoms with Crippen molar-refractivity contribution >= 4 is 11.9 Å². The average molecular weight is 291 g/mol. The van der Waals surface area contributed by atoms with Gasteiger partial charge in [-0.25, -0.2) is 4.79 Å². The van der Waals surface area contributed by atoms with Gasteiger partial charge in [-0.05, 0) is 37.6 Å². The molecule has 0 saturated carbocycles. The van der Waals surface area contributed by atoms with Crippen molar-refractivity contribution in [3.05, 3.63) is 41.5 Å². The highest BCUT2D eigenvalue weighted by Gasteiger charge is 2.18. The Morgan fingerprint density at radius 1 is 1.33 bits per heavy atom. The zero-order valence-electron chi connectivity index (χ0n) is 12.6. The monoisotopic (exact) mass is 291 g/mol. The van der Waals surface area contributed by atoms with Crippen LogP contribution in [0, 0.1) is 0 Å². The predicted molar refractivity (Wildman–Crippen MR) is 80.3 cm³/mol. The van der Waals surface area contributed by atoms with Crippen molar-refractivity contribution in [1.82, 2.24) is 5.32 Å². The predicted octanol–water partition coefficient (Wildman–Crippen LogP) is 2.16. The van der Waals surface area contributed by atoms with Crippen LogP contribution in [0.2, 0.25) is 0 Å². The van der Waals surface area contributed by atoms with E-state index in [0.717, 1.165) is 5.56 Å². The summed E-state index contributed by atoms with van der Waals surface area (Å²) in [5, 5.41) is 11.5. The number of carbonyl (C=O) groups excluding carboxylic acids is 1. The molecule has 2 N–H and O–H groups in total. The van der Waals surface area contributed by atoms with Crippen molar-refractivity contribution in [2.45, 2.75) is 33.2 Å². The highest BCUT2D eigenvalue weighted by Crippen LogP contribution is 2.15. The van der Waals surface area contributed by atoms with Crippen LogP contribution >= 0.6 is 0 Å². The van der Waals surface area contributed by atoms with Crippen LogP contribution in [0.1, 0.15) is 26.3 Å². The summed E-state index contributed by atoms with van der Waals surface area (Å²) in [7, 11) is 0. The first-order valence-electron chi connectivity index (χ1n) is 6.73. The van der Waals surface area contributed by atoms with E-state index >= 15 is 0 Å². The number of hydrogen-bond donors (Lipinski definition) is 2. The second kappa shape index (κ2) is 8.09. The van der Waals surface area contributed by atoms with E-state index in [2.05, 4.69) is 5.32 Å². The van der Waals surface area contributed by atoms with Gasteiger partial charge in [0, 0.05) is 13.3 Å². The molecule has 0 unspecified atom stereocenters. The van der Waals surface area contributed by atoms with Gasteiger partial charge in [-0.3, -0.25) is 4.79 Å². The summed E-state index contributed by atoms with van der Waals surface area (Å²) in [4.78, 5) is 22.1. The number of ether oxygens (including phenoxy) is 1. The molecule has 0 spiro atoms. The molecule has 5 heteroatoms. The SMILES string of the molecule is CC(=O)N[C@@H](Cc1cccc(OCC=C(C)C)c1)C(=O)O. The fourth-order valence-corrected chi connectivity index (χ4v) is 1.75. The normalized spacial score (nSPS) is 11.4. The molecule has 0 radical (unpaired) electrons. The minimum atomic E-state index is -1.05. The molecule has 1 atom stereocenters. The number of carbonyl (C=O) groups is 2. The molecule has 0 aliphatic rings. The first-order chi connectivity index (χ1) is 9.88. The lowest BCUT2D eigenvalue weighted by Gasteiger charge is -2.14. The summed E-state index contributed by atoms with van der Waals surface area (Å²) in [5.74, 6) is -0.739. The molecular formula is C16H21NO4. The van der Waals surface area contributed by atoms with Gasteiger partial charge in [0.2, 0.25) is 5.91 Å². The summed E-state index contributed by atoms with van der Waals surface area (Å²) in [6, 6.07) is 6.29. The van der Waals surface area contributed by atoms with Crippen LogP contribution in [0.4, 0.5) is 0 Å². The molecule has 1 rings (SSSR count). The van der Waals surface area contributed by atoms with Gasteiger partial charge in [-0.2, -0.15) is 0 Å². The van der Waals surface area contributed by atoms with Gasteiger partial charge in [0.1, 0.15) is 18.4 Å². The summed E-state index contributed by atoms with van der Waals surface area (Å²) in [5.41, 5.74) is 1.97. The molecule has 1 aromatic carbocycles. The van der Waals surface area contributed by atoms with E-state index in [0.29, 0.717) is 12.4 Å². The average Bonchev–Trinajstić information content (AvgIpc) is 2.37. The minimum absolute atomic E-state index is 0.217. The van der Waals surface area contributed by atoms with Gasteiger partial charge < -0.3 is 15.2 Å². The Morgan fingerprint density at radius 2 is 2.05 bits per heavy atom. The lowest BCUT2D eigenvalue weighted by molar-refractivity contribution is -0.141. The minimum Gasteiger partial charge on any atom is -0.490 e. The number of amides is 1. The molecular weight excluding hydrogens is 270 g/mol. The number of allylic oxidation sites excluding steroid dienone is 1. The maximum absolute atomic E-state index is 11.1. The van der Waals surface area contributed by atoms with Crippen LogP contribution in [-0.2, 0) is 16.0 Å². The van der Waals surface area contributed by atoms with E-state index in [1.54, 1.807) is 12.1 Å². The lowest BCUT2D eigenvalue weighted by Crippen LogP contribution is -2.41. The highest BCUT2D eigenvalue weighted by molar-refractivity contribution is 5.82. The second-order valence-corrected chi connectivity index (χ2v) is 5.04. The van der Waals surface area contributed by atoms with Gasteiger partial charge in [-0.15, -0.1) is 0 Å². The van der Waals surface area contributed by atoms with E-state index in [1.807, 2.05) is 32.1 Å². The lowest BCUT2D eigenvalue weighted by atomic mass is 10.1. The van der Waals surface area contributed by atoms with Gasteiger partial charge >= 0.3 is 5.97 Å². The number of rotatable bonds is 7. The molecule has 0 aromatic heterocycles. The summed E-state index contributed by atoms with van der Waals surface area (Å²) in [6.07, 6.45) is 2.18. The van der Waals surface area contributed by atoms with Crippen molar-refractivity contribution < 1.29 is 19.4 Å². The fraction of sp³-hybridized carbons (Fsp3) is 0.375. The van der Waals surface area contributed by atoms with Gasteiger partial charge in [-0.1, -0.05) is 17.7 Å². The Kier molecular flexibility index (Phi) is 6.46. The molecule has 21 heavy (non-hydrogen) atoms. The standard InChI is InChI=1S/C16H21NO4/c1-11(2)7-8-21-14-6-4-5-13(9-14)10-15(16(19)20)17-12(3)18/h4-7,9,15H,8,10H2,1-3H3,(H,17,18)(H,19,20)/t15-/m0/s1. The molecule has 114 valence electrons. The van der Waals surface area contributed by atoms with Gasteiger partial charge in [0.15, 0.2) is 0 Å². The Labute approximate surface area is 124 Å². The molecule has 1 aromatic rings. The van der Waals surface area contributed by atoms with Gasteiger partial charge in [0.05, 0.1) is 0 Å². The summed E-state index contributed by atoms with van der Waals surface area (Å²) in [6.45, 7) is 5.75. The van der Waals surface area contributed by atoms with Crippen LogP contribution < -0.4 is 10.1 Å². The topological polar surface area (TPSA) is 75.6 Å². The maximum Gasteiger partial charge on any atom is 0.326 e. The van der Waals surface area contributed by atoms with Crippen LogP contribution in [0.25, 0.3) is 0 Å². The van der Waals surface area contributed by atoms with E-state index in [4.69, 9.17) is 9.84 Å². The molecule has 0 fully saturated rings. The third-order valence-electron chi connectivity index (χ3n) is 2.76. The van der Waals surface area contributed by atoms with Crippen molar-refractivity contribution in [1.29, 1.82) is 0 Å². The first-order valence-corrected chi connectivity index (χ1v) is 6.73. The van der Waals surface area contributed by atoms with Crippen LogP contribution in [0.5, 0.6) is 5.75 Å². The van der Waals surface area contributed by atoms with E-state index in [9.17, 15) is 9.59 Å². The number of nitrogens with one attached hydrogen (secondary N) is 1.